The minimum atomic E-state index is -5.00. The number of halogens is 7. The first-order valence-corrected chi connectivity index (χ1v) is 11.1. The number of pyridine rings is 2. The summed E-state index contributed by atoms with van der Waals surface area (Å²) in [6, 6.07) is 7.80. The zero-order valence-electron chi connectivity index (χ0n) is 18.5. The number of aromatic nitrogens is 4. The Morgan fingerprint density at radius 1 is 1.14 bits per heavy atom. The van der Waals surface area contributed by atoms with Crippen molar-refractivity contribution in [3.63, 3.8) is 0 Å². The molecule has 0 unspecified atom stereocenters. The maximum Gasteiger partial charge on any atom is 0.437 e. The summed E-state index contributed by atoms with van der Waals surface area (Å²) >= 11 is 3.17. The lowest BCUT2D eigenvalue weighted by Gasteiger charge is -2.13. The average molecular weight is 583 g/mol. The predicted molar refractivity (Wildman–Crippen MR) is 122 cm³/mol. The molecule has 0 saturated heterocycles. The van der Waals surface area contributed by atoms with E-state index in [1.807, 2.05) is 6.07 Å². The second kappa shape index (κ2) is 9.47. The molecule has 7 nitrogen and oxygen atoms in total. The summed E-state index contributed by atoms with van der Waals surface area (Å²) in [5.41, 5.74) is -3.93. The van der Waals surface area contributed by atoms with E-state index in [0.29, 0.717) is 16.1 Å². The quantitative estimate of drug-likeness (QED) is 0.293. The van der Waals surface area contributed by atoms with E-state index in [9.17, 15) is 36.4 Å². The number of alkyl halides is 6. The molecule has 0 saturated carbocycles. The molecule has 4 rings (SSSR count). The average Bonchev–Trinajstić information content (AvgIpc) is 3.13. The highest BCUT2D eigenvalue weighted by Crippen LogP contribution is 2.37. The largest absolute Gasteiger partial charge is 0.437 e. The molecule has 0 fully saturated rings. The fourth-order valence-electron chi connectivity index (χ4n) is 3.58. The van der Waals surface area contributed by atoms with E-state index in [2.05, 4.69) is 36.3 Å². The summed E-state index contributed by atoms with van der Waals surface area (Å²) in [5.74, 6) is -1.22. The second-order valence-corrected chi connectivity index (χ2v) is 8.69. The van der Waals surface area contributed by atoms with E-state index in [-0.39, 0.29) is 28.7 Å². The molecule has 37 heavy (non-hydrogen) atoms. The summed E-state index contributed by atoms with van der Waals surface area (Å²) in [6.07, 6.45) is -7.31. The van der Waals surface area contributed by atoms with Crippen molar-refractivity contribution in [2.75, 3.05) is 5.32 Å². The SMILES string of the molecule is Cc1c(NC(=O)c2cc(C(F)(F)F)nc3ccc(Br)cc23)c(C(F)(F)F)nn1Cc1ccncc1C#N. The van der Waals surface area contributed by atoms with Crippen LogP contribution in [0.2, 0.25) is 0 Å². The maximum absolute atomic E-state index is 13.9. The molecule has 1 aromatic carbocycles. The molecule has 14 heteroatoms. The highest BCUT2D eigenvalue weighted by atomic mass is 79.9. The number of nitrogens with zero attached hydrogens (tertiary/aromatic N) is 5. The van der Waals surface area contributed by atoms with Crippen molar-refractivity contribution in [2.24, 2.45) is 0 Å². The monoisotopic (exact) mass is 582 g/mol. The van der Waals surface area contributed by atoms with E-state index < -0.39 is 40.9 Å². The molecule has 0 atom stereocenters. The Hall–Kier alpha value is -3.99. The molecule has 1 N–H and O–H groups in total. The van der Waals surface area contributed by atoms with E-state index >= 15 is 0 Å². The molecule has 0 spiro atoms. The molecule has 0 aliphatic heterocycles. The lowest BCUT2D eigenvalue weighted by atomic mass is 10.1. The van der Waals surface area contributed by atoms with E-state index in [4.69, 9.17) is 0 Å². The van der Waals surface area contributed by atoms with Gasteiger partial charge < -0.3 is 5.32 Å². The van der Waals surface area contributed by atoms with Gasteiger partial charge in [0.15, 0.2) is 5.69 Å². The van der Waals surface area contributed by atoms with Crippen LogP contribution in [0.15, 0.2) is 47.2 Å². The van der Waals surface area contributed by atoms with Crippen molar-refractivity contribution in [3.8, 4) is 6.07 Å². The molecular formula is C23H13BrF6N6O. The molecule has 4 aromatic rings. The Bertz CT molecular complexity index is 1570. The van der Waals surface area contributed by atoms with Crippen LogP contribution in [-0.2, 0) is 18.9 Å². The topological polar surface area (TPSA) is 96.5 Å². The van der Waals surface area contributed by atoms with Gasteiger partial charge >= 0.3 is 12.4 Å². The number of rotatable bonds is 4. The van der Waals surface area contributed by atoms with Gasteiger partial charge in [-0.1, -0.05) is 15.9 Å². The van der Waals surface area contributed by atoms with E-state index in [0.717, 1.165) is 4.68 Å². The van der Waals surface area contributed by atoms with Crippen LogP contribution < -0.4 is 5.32 Å². The van der Waals surface area contributed by atoms with Gasteiger partial charge in [0, 0.05) is 22.3 Å². The smallest absolute Gasteiger partial charge is 0.319 e. The molecule has 0 aliphatic rings. The number of carbonyl (C=O) groups is 1. The van der Waals surface area contributed by atoms with Gasteiger partial charge in [-0.2, -0.15) is 36.7 Å². The van der Waals surface area contributed by atoms with Crippen LogP contribution in [0.25, 0.3) is 10.9 Å². The molecule has 0 aliphatic carbocycles. The third-order valence-corrected chi connectivity index (χ3v) is 5.86. The lowest BCUT2D eigenvalue weighted by molar-refractivity contribution is -0.141. The van der Waals surface area contributed by atoms with Crippen LogP contribution >= 0.6 is 15.9 Å². The Balaban J connectivity index is 1.82. The Morgan fingerprint density at radius 3 is 2.51 bits per heavy atom. The molecule has 0 radical (unpaired) electrons. The van der Waals surface area contributed by atoms with Gasteiger partial charge in [-0.3, -0.25) is 14.5 Å². The standard InChI is InChI=1S/C23H13BrF6N6O/c1-11-19(20(23(28,29)30)35-36(11)10-12-4-5-32-9-13(12)8-31)34-21(37)16-7-18(22(25,26)27)33-17-3-2-14(24)6-15(16)17/h2-7,9H,10H2,1H3,(H,34,37). The van der Waals surface area contributed by atoms with Crippen molar-refractivity contribution in [3.05, 3.63) is 81.0 Å². The summed E-state index contributed by atoms with van der Waals surface area (Å²) in [5, 5.41) is 14.9. The Labute approximate surface area is 212 Å². The number of hydrogen-bond donors (Lipinski definition) is 1. The summed E-state index contributed by atoms with van der Waals surface area (Å²) in [4.78, 5) is 20.5. The number of nitriles is 1. The minimum absolute atomic E-state index is 0.00562. The summed E-state index contributed by atoms with van der Waals surface area (Å²) < 4.78 is 83.2. The molecule has 3 aromatic heterocycles. The van der Waals surface area contributed by atoms with Crippen LogP contribution in [0.4, 0.5) is 32.0 Å². The van der Waals surface area contributed by atoms with Crippen molar-refractivity contribution in [2.45, 2.75) is 25.8 Å². The number of fused-ring (bicyclic) bond motifs is 1. The first kappa shape index (κ1) is 26.1. The Kier molecular flexibility index (Phi) is 6.68. The van der Waals surface area contributed by atoms with Crippen molar-refractivity contribution in [1.82, 2.24) is 19.7 Å². The number of nitrogens with one attached hydrogen (secondary N) is 1. The first-order valence-electron chi connectivity index (χ1n) is 10.3. The third-order valence-electron chi connectivity index (χ3n) is 5.37. The maximum atomic E-state index is 13.9. The first-order chi connectivity index (χ1) is 17.3. The summed E-state index contributed by atoms with van der Waals surface area (Å²) in [6.45, 7) is 1.01. The highest BCUT2D eigenvalue weighted by Gasteiger charge is 2.40. The van der Waals surface area contributed by atoms with Crippen molar-refractivity contribution < 1.29 is 31.1 Å². The van der Waals surface area contributed by atoms with Crippen LogP contribution in [0.3, 0.4) is 0 Å². The van der Waals surface area contributed by atoms with Crippen LogP contribution in [0.1, 0.15) is 38.6 Å². The van der Waals surface area contributed by atoms with Crippen molar-refractivity contribution >= 4 is 38.4 Å². The third kappa shape index (κ3) is 5.26. The normalized spacial score (nSPS) is 12.0. The second-order valence-electron chi connectivity index (χ2n) is 7.78. The number of benzene rings is 1. The van der Waals surface area contributed by atoms with E-state index in [1.54, 1.807) is 0 Å². The molecule has 1 amide bonds. The van der Waals surface area contributed by atoms with Gasteiger partial charge in [-0.25, -0.2) is 4.98 Å². The lowest BCUT2D eigenvalue weighted by Crippen LogP contribution is -2.18. The van der Waals surface area contributed by atoms with Crippen molar-refractivity contribution in [1.29, 1.82) is 5.26 Å². The van der Waals surface area contributed by atoms with Crippen LogP contribution in [0.5, 0.6) is 0 Å². The van der Waals surface area contributed by atoms with Gasteiger partial charge in [-0.05, 0) is 42.8 Å². The van der Waals surface area contributed by atoms with Gasteiger partial charge in [0.05, 0.1) is 34.6 Å². The van der Waals surface area contributed by atoms with E-state index in [1.165, 1.54) is 43.6 Å². The van der Waals surface area contributed by atoms with Crippen LogP contribution in [-0.4, -0.2) is 25.7 Å². The highest BCUT2D eigenvalue weighted by molar-refractivity contribution is 9.10. The minimum Gasteiger partial charge on any atom is -0.319 e. The summed E-state index contributed by atoms with van der Waals surface area (Å²) in [7, 11) is 0. The number of anilines is 1. The van der Waals surface area contributed by atoms with Gasteiger partial charge in [0.2, 0.25) is 0 Å². The molecule has 190 valence electrons. The molecule has 0 bridgehead atoms. The fourth-order valence-corrected chi connectivity index (χ4v) is 3.94. The molecular weight excluding hydrogens is 570 g/mol. The zero-order valence-corrected chi connectivity index (χ0v) is 20.1. The predicted octanol–water partition coefficient (Wildman–Crippen LogP) is 6.11. The van der Waals surface area contributed by atoms with Gasteiger partial charge in [0.1, 0.15) is 11.8 Å². The Morgan fingerprint density at radius 2 is 1.86 bits per heavy atom. The number of carbonyl (C=O) groups excluding carboxylic acids is 1. The van der Waals surface area contributed by atoms with Crippen LogP contribution in [0, 0.1) is 18.3 Å². The zero-order chi connectivity index (χ0) is 27.1. The van der Waals surface area contributed by atoms with Gasteiger partial charge in [-0.15, -0.1) is 0 Å². The van der Waals surface area contributed by atoms with Gasteiger partial charge in [0.25, 0.3) is 5.91 Å². The number of amides is 1. The fraction of sp³-hybridized carbons (Fsp3) is 0.174. The molecule has 3 heterocycles. The number of hydrogen-bond acceptors (Lipinski definition) is 5.